The van der Waals surface area contributed by atoms with Gasteiger partial charge in [-0.05, 0) is 31.0 Å². The Morgan fingerprint density at radius 1 is 1.38 bits per heavy atom. The lowest BCUT2D eigenvalue weighted by Gasteiger charge is -2.18. The van der Waals surface area contributed by atoms with Gasteiger partial charge in [0.2, 0.25) is 0 Å². The monoisotopic (exact) mass is 243 g/mol. The van der Waals surface area contributed by atoms with E-state index in [1.165, 1.54) is 25.0 Å². The van der Waals surface area contributed by atoms with Gasteiger partial charge in [-0.2, -0.15) is 0 Å². The Bertz CT molecular complexity index is 328. The van der Waals surface area contributed by atoms with Gasteiger partial charge in [-0.1, -0.05) is 38.3 Å². The first-order chi connectivity index (χ1) is 7.67. The van der Waals surface area contributed by atoms with Crippen molar-refractivity contribution in [3.05, 3.63) is 29.0 Å². The largest absolute Gasteiger partial charge is 0.381 e. The summed E-state index contributed by atoms with van der Waals surface area (Å²) in [4.78, 5) is 0. The molecule has 90 valence electrons. The van der Waals surface area contributed by atoms with E-state index in [1.807, 2.05) is 0 Å². The molecule has 0 saturated heterocycles. The third-order valence-corrected chi connectivity index (χ3v) is 3.00. The lowest BCUT2D eigenvalue weighted by Crippen LogP contribution is -2.18. The molecule has 0 aliphatic carbocycles. The molecule has 1 N–H and O–H groups in total. The van der Waals surface area contributed by atoms with E-state index >= 15 is 0 Å². The molecule has 3 heteroatoms. The highest BCUT2D eigenvalue weighted by molar-refractivity contribution is 6.33. The van der Waals surface area contributed by atoms with E-state index in [0.717, 1.165) is 18.5 Å². The SMILES string of the molecule is CCCCC(CC)Nc1ccc(F)cc1Cl. The van der Waals surface area contributed by atoms with Gasteiger partial charge in [0.05, 0.1) is 10.7 Å². The van der Waals surface area contributed by atoms with E-state index in [1.54, 1.807) is 6.07 Å². The van der Waals surface area contributed by atoms with Crippen LogP contribution in [0.15, 0.2) is 18.2 Å². The van der Waals surface area contributed by atoms with Crippen LogP contribution in [0, 0.1) is 5.82 Å². The molecule has 0 radical (unpaired) electrons. The molecule has 16 heavy (non-hydrogen) atoms. The lowest BCUT2D eigenvalue weighted by atomic mass is 10.1. The minimum absolute atomic E-state index is 0.294. The Balaban J connectivity index is 2.62. The summed E-state index contributed by atoms with van der Waals surface area (Å²) in [5, 5.41) is 3.81. The Kier molecular flexibility index (Phi) is 5.61. The van der Waals surface area contributed by atoms with Crippen LogP contribution in [0.25, 0.3) is 0 Å². The van der Waals surface area contributed by atoms with E-state index in [-0.39, 0.29) is 5.82 Å². The molecule has 0 fully saturated rings. The molecular weight excluding hydrogens is 225 g/mol. The van der Waals surface area contributed by atoms with Crippen LogP contribution in [0.1, 0.15) is 39.5 Å². The van der Waals surface area contributed by atoms with Crippen molar-refractivity contribution in [2.45, 2.75) is 45.6 Å². The van der Waals surface area contributed by atoms with Gasteiger partial charge in [0.1, 0.15) is 5.82 Å². The van der Waals surface area contributed by atoms with Crippen molar-refractivity contribution in [2.75, 3.05) is 5.32 Å². The maximum Gasteiger partial charge on any atom is 0.124 e. The number of rotatable bonds is 6. The average molecular weight is 244 g/mol. The third kappa shape index (κ3) is 4.01. The van der Waals surface area contributed by atoms with E-state index in [0.29, 0.717) is 11.1 Å². The van der Waals surface area contributed by atoms with E-state index < -0.39 is 0 Å². The second-order valence-electron chi connectivity index (χ2n) is 4.02. The zero-order valence-corrected chi connectivity index (χ0v) is 10.6. The van der Waals surface area contributed by atoms with Gasteiger partial charge >= 0.3 is 0 Å². The minimum atomic E-state index is -0.294. The quantitative estimate of drug-likeness (QED) is 0.752. The highest BCUT2D eigenvalue weighted by atomic mass is 35.5. The minimum Gasteiger partial charge on any atom is -0.381 e. The second kappa shape index (κ2) is 6.74. The van der Waals surface area contributed by atoms with Gasteiger partial charge in [0, 0.05) is 6.04 Å². The summed E-state index contributed by atoms with van der Waals surface area (Å²) in [6.45, 7) is 4.32. The molecule has 0 aromatic heterocycles. The van der Waals surface area contributed by atoms with Crippen LogP contribution in [0.3, 0.4) is 0 Å². The van der Waals surface area contributed by atoms with Crippen molar-refractivity contribution >= 4 is 17.3 Å². The van der Waals surface area contributed by atoms with Crippen molar-refractivity contribution in [1.82, 2.24) is 0 Å². The van der Waals surface area contributed by atoms with Gasteiger partial charge in [0.15, 0.2) is 0 Å². The molecule has 1 aromatic carbocycles. The molecule has 1 aromatic rings. The molecule has 0 bridgehead atoms. The zero-order chi connectivity index (χ0) is 12.0. The van der Waals surface area contributed by atoms with Crippen LogP contribution in [-0.4, -0.2) is 6.04 Å². The van der Waals surface area contributed by atoms with Crippen LogP contribution in [0.2, 0.25) is 5.02 Å². The summed E-state index contributed by atoms with van der Waals surface area (Å²) >= 11 is 5.96. The topological polar surface area (TPSA) is 12.0 Å². The molecule has 0 amide bonds. The van der Waals surface area contributed by atoms with Crippen LogP contribution in [0.5, 0.6) is 0 Å². The number of hydrogen-bond donors (Lipinski definition) is 1. The van der Waals surface area contributed by atoms with Gasteiger partial charge in [-0.3, -0.25) is 0 Å². The maximum atomic E-state index is 12.9. The Hall–Kier alpha value is -0.760. The van der Waals surface area contributed by atoms with Crippen molar-refractivity contribution in [1.29, 1.82) is 0 Å². The van der Waals surface area contributed by atoms with Gasteiger partial charge in [-0.15, -0.1) is 0 Å². The Labute approximate surface area is 102 Å². The summed E-state index contributed by atoms with van der Waals surface area (Å²) in [7, 11) is 0. The molecule has 1 atom stereocenters. The van der Waals surface area contributed by atoms with Crippen LogP contribution in [-0.2, 0) is 0 Å². The van der Waals surface area contributed by atoms with Crippen molar-refractivity contribution in [2.24, 2.45) is 0 Å². The lowest BCUT2D eigenvalue weighted by molar-refractivity contribution is 0.592. The van der Waals surface area contributed by atoms with Crippen LogP contribution < -0.4 is 5.32 Å². The van der Waals surface area contributed by atoms with Crippen molar-refractivity contribution in [3.8, 4) is 0 Å². The van der Waals surface area contributed by atoms with Crippen molar-refractivity contribution < 1.29 is 4.39 Å². The summed E-state index contributed by atoms with van der Waals surface area (Å²) < 4.78 is 12.9. The number of anilines is 1. The summed E-state index contributed by atoms with van der Waals surface area (Å²) in [5.74, 6) is -0.294. The predicted octanol–water partition coefficient (Wildman–Crippen LogP) is 4.86. The van der Waals surface area contributed by atoms with E-state index in [9.17, 15) is 4.39 Å². The van der Waals surface area contributed by atoms with Crippen molar-refractivity contribution in [3.63, 3.8) is 0 Å². The zero-order valence-electron chi connectivity index (χ0n) is 9.89. The highest BCUT2D eigenvalue weighted by Gasteiger charge is 2.08. The fourth-order valence-corrected chi connectivity index (χ4v) is 1.88. The summed E-state index contributed by atoms with van der Waals surface area (Å²) in [6.07, 6.45) is 4.56. The number of nitrogens with one attached hydrogen (secondary N) is 1. The molecular formula is C13H19ClFN. The standard InChI is InChI=1S/C13H19ClFN/c1-3-5-6-11(4-2)16-13-8-7-10(15)9-12(13)14/h7-9,11,16H,3-6H2,1-2H3. The van der Waals surface area contributed by atoms with Gasteiger partial charge < -0.3 is 5.32 Å². The predicted molar refractivity (Wildman–Crippen MR) is 68.6 cm³/mol. The second-order valence-corrected chi connectivity index (χ2v) is 4.42. The normalized spacial score (nSPS) is 12.5. The summed E-state index contributed by atoms with van der Waals surface area (Å²) in [6, 6.07) is 4.90. The molecule has 0 spiro atoms. The molecule has 1 unspecified atom stereocenters. The molecule has 0 heterocycles. The fourth-order valence-electron chi connectivity index (χ4n) is 1.66. The average Bonchev–Trinajstić information content (AvgIpc) is 2.27. The molecule has 1 nitrogen and oxygen atoms in total. The smallest absolute Gasteiger partial charge is 0.124 e. The first-order valence-electron chi connectivity index (χ1n) is 5.89. The Morgan fingerprint density at radius 3 is 2.69 bits per heavy atom. The fraction of sp³-hybridized carbons (Fsp3) is 0.538. The number of hydrogen-bond acceptors (Lipinski definition) is 1. The summed E-state index contributed by atoms with van der Waals surface area (Å²) in [5.41, 5.74) is 0.825. The molecule has 0 aliphatic rings. The highest BCUT2D eigenvalue weighted by Crippen LogP contribution is 2.24. The maximum absolute atomic E-state index is 12.9. The van der Waals surface area contributed by atoms with Crippen LogP contribution in [0.4, 0.5) is 10.1 Å². The van der Waals surface area contributed by atoms with Gasteiger partial charge in [0.25, 0.3) is 0 Å². The van der Waals surface area contributed by atoms with E-state index in [2.05, 4.69) is 19.2 Å². The van der Waals surface area contributed by atoms with Gasteiger partial charge in [-0.25, -0.2) is 4.39 Å². The van der Waals surface area contributed by atoms with Crippen LogP contribution >= 0.6 is 11.6 Å². The Morgan fingerprint density at radius 2 is 2.12 bits per heavy atom. The molecule has 1 rings (SSSR count). The first kappa shape index (κ1) is 13.3. The number of halogens is 2. The number of unbranched alkanes of at least 4 members (excludes halogenated alkanes) is 1. The molecule has 0 aliphatic heterocycles. The number of benzene rings is 1. The first-order valence-corrected chi connectivity index (χ1v) is 6.26. The van der Waals surface area contributed by atoms with E-state index in [4.69, 9.17) is 11.6 Å². The molecule has 0 saturated carbocycles. The third-order valence-electron chi connectivity index (χ3n) is 2.69.